The van der Waals surface area contributed by atoms with E-state index in [9.17, 15) is 18.5 Å². The number of nitrogens with zero attached hydrogens (tertiary/aromatic N) is 2. The van der Waals surface area contributed by atoms with Crippen molar-refractivity contribution in [1.29, 1.82) is 0 Å². The Bertz CT molecular complexity index is 562. The SMILES string of the molecule is O=[N+]([O-])c1ccc(OS(=O)(=O)N2CCCCCC2)cc1. The van der Waals surface area contributed by atoms with Gasteiger partial charge in [-0.15, -0.1) is 0 Å². The summed E-state index contributed by atoms with van der Waals surface area (Å²) in [7, 11) is -3.83. The molecule has 1 saturated heterocycles. The number of benzene rings is 1. The molecule has 110 valence electrons. The molecule has 0 spiro atoms. The molecule has 7 nitrogen and oxygen atoms in total. The number of nitro benzene ring substituents is 1. The summed E-state index contributed by atoms with van der Waals surface area (Å²) in [6, 6.07) is 5.00. The van der Waals surface area contributed by atoms with Crippen LogP contribution < -0.4 is 4.18 Å². The summed E-state index contributed by atoms with van der Waals surface area (Å²) in [4.78, 5) is 9.97. The molecular weight excluding hydrogens is 284 g/mol. The van der Waals surface area contributed by atoms with Crippen molar-refractivity contribution in [2.45, 2.75) is 25.7 Å². The van der Waals surface area contributed by atoms with Gasteiger partial charge in [0.1, 0.15) is 5.75 Å². The second-order valence-electron chi connectivity index (χ2n) is 4.61. The monoisotopic (exact) mass is 300 g/mol. The predicted octanol–water partition coefficient (Wildman–Crippen LogP) is 2.09. The molecule has 0 bridgehead atoms. The average molecular weight is 300 g/mol. The highest BCUT2D eigenvalue weighted by Crippen LogP contribution is 2.21. The van der Waals surface area contributed by atoms with Crippen molar-refractivity contribution in [3.63, 3.8) is 0 Å². The predicted molar refractivity (Wildman–Crippen MR) is 72.7 cm³/mol. The van der Waals surface area contributed by atoms with Crippen molar-refractivity contribution in [2.75, 3.05) is 13.1 Å². The first kappa shape index (κ1) is 14.7. The lowest BCUT2D eigenvalue weighted by Gasteiger charge is -2.19. The van der Waals surface area contributed by atoms with E-state index in [4.69, 9.17) is 4.18 Å². The quantitative estimate of drug-likeness (QED) is 0.627. The van der Waals surface area contributed by atoms with Crippen molar-refractivity contribution in [2.24, 2.45) is 0 Å². The standard InChI is InChI=1S/C12H16N2O5S/c15-14(16)11-5-7-12(8-6-11)19-20(17,18)13-9-3-1-2-4-10-13/h5-8H,1-4,9-10H2. The lowest BCUT2D eigenvalue weighted by molar-refractivity contribution is -0.384. The van der Waals surface area contributed by atoms with E-state index >= 15 is 0 Å². The molecule has 0 N–H and O–H groups in total. The molecule has 0 radical (unpaired) electrons. The summed E-state index contributed by atoms with van der Waals surface area (Å²) >= 11 is 0. The summed E-state index contributed by atoms with van der Waals surface area (Å²) in [5.41, 5.74) is -0.107. The van der Waals surface area contributed by atoms with Gasteiger partial charge in [-0.3, -0.25) is 10.1 Å². The first-order valence-corrected chi connectivity index (χ1v) is 7.79. The third-order valence-corrected chi connectivity index (χ3v) is 4.53. The fourth-order valence-electron chi connectivity index (χ4n) is 2.06. The van der Waals surface area contributed by atoms with E-state index in [-0.39, 0.29) is 11.4 Å². The Morgan fingerprint density at radius 2 is 1.60 bits per heavy atom. The van der Waals surface area contributed by atoms with Gasteiger partial charge in [-0.05, 0) is 25.0 Å². The van der Waals surface area contributed by atoms with Gasteiger partial charge in [-0.2, -0.15) is 12.7 Å². The Hall–Kier alpha value is -1.67. The van der Waals surface area contributed by atoms with Crippen LogP contribution in [0.15, 0.2) is 24.3 Å². The summed E-state index contributed by atoms with van der Waals surface area (Å²) in [6.07, 6.45) is 3.68. The smallest absolute Gasteiger partial charge is 0.371 e. The van der Waals surface area contributed by atoms with Gasteiger partial charge in [-0.25, -0.2) is 0 Å². The summed E-state index contributed by atoms with van der Waals surface area (Å²) in [5, 5.41) is 10.5. The van der Waals surface area contributed by atoms with Crippen LogP contribution in [0.1, 0.15) is 25.7 Å². The molecule has 0 unspecified atom stereocenters. The maximum atomic E-state index is 12.1. The molecule has 1 aliphatic heterocycles. The first-order chi connectivity index (χ1) is 9.49. The molecule has 1 fully saturated rings. The second-order valence-corrected chi connectivity index (χ2v) is 6.14. The van der Waals surface area contributed by atoms with Crippen molar-refractivity contribution in [3.8, 4) is 5.75 Å². The zero-order valence-electron chi connectivity index (χ0n) is 10.9. The largest absolute Gasteiger partial charge is 0.385 e. The lowest BCUT2D eigenvalue weighted by atomic mass is 10.2. The third-order valence-electron chi connectivity index (χ3n) is 3.13. The number of non-ortho nitro benzene ring substituents is 1. The summed E-state index contributed by atoms with van der Waals surface area (Å²) in [5.74, 6) is 0.0832. The van der Waals surface area contributed by atoms with Crippen molar-refractivity contribution in [3.05, 3.63) is 34.4 Å². The molecule has 0 atom stereocenters. The highest BCUT2D eigenvalue weighted by Gasteiger charge is 2.25. The van der Waals surface area contributed by atoms with Crippen LogP contribution in [0.2, 0.25) is 0 Å². The molecule has 1 aromatic rings. The van der Waals surface area contributed by atoms with E-state index in [1.54, 1.807) is 0 Å². The molecule has 1 heterocycles. The minimum atomic E-state index is -3.83. The van der Waals surface area contributed by atoms with Crippen LogP contribution >= 0.6 is 0 Å². The maximum absolute atomic E-state index is 12.1. The molecule has 0 amide bonds. The van der Waals surface area contributed by atoms with Gasteiger partial charge in [0.2, 0.25) is 0 Å². The molecule has 20 heavy (non-hydrogen) atoms. The number of rotatable bonds is 4. The van der Waals surface area contributed by atoms with E-state index in [0.717, 1.165) is 25.7 Å². The van der Waals surface area contributed by atoms with E-state index in [1.165, 1.54) is 28.6 Å². The molecular formula is C12H16N2O5S. The van der Waals surface area contributed by atoms with Gasteiger partial charge in [0, 0.05) is 25.2 Å². The van der Waals surface area contributed by atoms with Crippen LogP contribution in [0, 0.1) is 10.1 Å². The minimum Gasteiger partial charge on any atom is -0.371 e. The van der Waals surface area contributed by atoms with Crippen LogP contribution in [0.3, 0.4) is 0 Å². The molecule has 1 aliphatic rings. The number of nitro groups is 1. The Morgan fingerprint density at radius 3 is 2.10 bits per heavy atom. The molecule has 0 aromatic heterocycles. The highest BCUT2D eigenvalue weighted by atomic mass is 32.2. The van der Waals surface area contributed by atoms with E-state index in [2.05, 4.69) is 0 Å². The Balaban J connectivity index is 2.08. The molecule has 0 saturated carbocycles. The van der Waals surface area contributed by atoms with Gasteiger partial charge >= 0.3 is 10.3 Å². The van der Waals surface area contributed by atoms with E-state index in [0.29, 0.717) is 13.1 Å². The Labute approximate surface area is 117 Å². The Kier molecular flexibility index (Phi) is 4.56. The van der Waals surface area contributed by atoms with Gasteiger partial charge in [0.25, 0.3) is 5.69 Å². The summed E-state index contributed by atoms with van der Waals surface area (Å²) < 4.78 is 30.5. The third kappa shape index (κ3) is 3.67. The molecule has 2 rings (SSSR count). The lowest BCUT2D eigenvalue weighted by Crippen LogP contribution is -2.35. The van der Waals surface area contributed by atoms with Gasteiger partial charge < -0.3 is 4.18 Å². The van der Waals surface area contributed by atoms with Crippen LogP contribution in [-0.2, 0) is 10.3 Å². The zero-order chi connectivity index (χ0) is 14.6. The van der Waals surface area contributed by atoms with Crippen molar-refractivity contribution < 1.29 is 17.5 Å². The van der Waals surface area contributed by atoms with Gasteiger partial charge in [0.15, 0.2) is 0 Å². The van der Waals surface area contributed by atoms with Gasteiger partial charge in [0.05, 0.1) is 4.92 Å². The van der Waals surface area contributed by atoms with E-state index < -0.39 is 15.2 Å². The van der Waals surface area contributed by atoms with Crippen LogP contribution in [0.5, 0.6) is 5.75 Å². The Morgan fingerprint density at radius 1 is 1.05 bits per heavy atom. The minimum absolute atomic E-state index is 0.0832. The highest BCUT2D eigenvalue weighted by molar-refractivity contribution is 7.84. The average Bonchev–Trinajstić information content (AvgIpc) is 2.68. The fraction of sp³-hybridized carbons (Fsp3) is 0.500. The topological polar surface area (TPSA) is 89.7 Å². The molecule has 8 heteroatoms. The number of hydrogen-bond donors (Lipinski definition) is 0. The normalized spacial score (nSPS) is 17.4. The van der Waals surface area contributed by atoms with Crippen molar-refractivity contribution >= 4 is 16.0 Å². The van der Waals surface area contributed by atoms with Gasteiger partial charge in [-0.1, -0.05) is 12.8 Å². The fourth-order valence-corrected chi connectivity index (χ4v) is 3.23. The van der Waals surface area contributed by atoms with E-state index in [1.807, 2.05) is 0 Å². The number of hydrogen-bond acceptors (Lipinski definition) is 5. The molecule has 1 aromatic carbocycles. The summed E-state index contributed by atoms with van der Waals surface area (Å²) in [6.45, 7) is 0.907. The van der Waals surface area contributed by atoms with Crippen LogP contribution in [-0.4, -0.2) is 30.7 Å². The first-order valence-electron chi connectivity index (χ1n) is 6.43. The second kappa shape index (κ2) is 6.19. The zero-order valence-corrected chi connectivity index (χ0v) is 11.7. The van der Waals surface area contributed by atoms with Crippen molar-refractivity contribution in [1.82, 2.24) is 4.31 Å². The maximum Gasteiger partial charge on any atom is 0.385 e. The molecule has 0 aliphatic carbocycles. The van der Waals surface area contributed by atoms with Crippen LogP contribution in [0.4, 0.5) is 5.69 Å². The van der Waals surface area contributed by atoms with Crippen LogP contribution in [0.25, 0.3) is 0 Å².